The summed E-state index contributed by atoms with van der Waals surface area (Å²) in [6.07, 6.45) is 6.48. The van der Waals surface area contributed by atoms with Crippen molar-refractivity contribution in [3.63, 3.8) is 0 Å². The Morgan fingerprint density at radius 3 is 2.52 bits per heavy atom. The fourth-order valence-corrected chi connectivity index (χ4v) is 2.93. The van der Waals surface area contributed by atoms with E-state index >= 15 is 0 Å². The third-order valence-corrected chi connectivity index (χ3v) is 4.10. The Hall–Kier alpha value is -1.59. The Morgan fingerprint density at radius 1 is 1.10 bits per heavy atom. The molecule has 1 aromatic heterocycles. The zero-order valence-corrected chi connectivity index (χ0v) is 12.8. The average Bonchev–Trinajstić information content (AvgIpc) is 2.96. The number of anilines is 3. The largest absolute Gasteiger partial charge is 0.366 e. The summed E-state index contributed by atoms with van der Waals surface area (Å²) >= 11 is 12.2. The van der Waals surface area contributed by atoms with Gasteiger partial charge in [-0.05, 0) is 25.0 Å². The smallest absolute Gasteiger partial charge is 0.249 e. The van der Waals surface area contributed by atoms with E-state index in [2.05, 4.69) is 25.8 Å². The molecule has 1 saturated carbocycles. The van der Waals surface area contributed by atoms with Crippen molar-refractivity contribution < 1.29 is 0 Å². The van der Waals surface area contributed by atoms with Crippen molar-refractivity contribution in [2.24, 2.45) is 0 Å². The maximum absolute atomic E-state index is 6.12. The first kappa shape index (κ1) is 14.4. The summed E-state index contributed by atoms with van der Waals surface area (Å²) < 4.78 is 0. The zero-order valence-electron chi connectivity index (χ0n) is 11.3. The third-order valence-electron chi connectivity index (χ3n) is 3.47. The van der Waals surface area contributed by atoms with Crippen LogP contribution in [-0.2, 0) is 0 Å². The lowest BCUT2D eigenvalue weighted by Crippen LogP contribution is -2.16. The van der Waals surface area contributed by atoms with E-state index in [1.54, 1.807) is 24.4 Å². The van der Waals surface area contributed by atoms with E-state index in [9.17, 15) is 0 Å². The van der Waals surface area contributed by atoms with Crippen LogP contribution in [0.1, 0.15) is 25.7 Å². The van der Waals surface area contributed by atoms with E-state index in [-0.39, 0.29) is 0 Å². The number of rotatable bonds is 4. The van der Waals surface area contributed by atoms with Gasteiger partial charge in [0.25, 0.3) is 0 Å². The van der Waals surface area contributed by atoms with Gasteiger partial charge in [0.15, 0.2) is 5.82 Å². The van der Waals surface area contributed by atoms with Gasteiger partial charge in [-0.3, -0.25) is 0 Å². The monoisotopic (exact) mass is 323 g/mol. The highest BCUT2D eigenvalue weighted by Gasteiger charge is 2.15. The normalized spacial score (nSPS) is 15.1. The molecule has 1 aromatic carbocycles. The maximum Gasteiger partial charge on any atom is 0.249 e. The van der Waals surface area contributed by atoms with Crippen molar-refractivity contribution in [2.75, 3.05) is 10.6 Å². The van der Waals surface area contributed by atoms with Crippen molar-refractivity contribution >= 4 is 40.7 Å². The van der Waals surface area contributed by atoms with Gasteiger partial charge in [0, 0.05) is 6.04 Å². The van der Waals surface area contributed by atoms with Crippen LogP contribution in [0.25, 0.3) is 0 Å². The van der Waals surface area contributed by atoms with E-state index in [1.807, 2.05) is 0 Å². The first-order valence-corrected chi connectivity index (χ1v) is 7.65. The number of nitrogens with zero attached hydrogens (tertiary/aromatic N) is 3. The number of aromatic nitrogens is 3. The number of hydrogen-bond donors (Lipinski definition) is 2. The van der Waals surface area contributed by atoms with Crippen LogP contribution in [0.2, 0.25) is 10.0 Å². The van der Waals surface area contributed by atoms with Crippen LogP contribution >= 0.6 is 23.2 Å². The molecule has 0 unspecified atom stereocenters. The minimum Gasteiger partial charge on any atom is -0.366 e. The minimum absolute atomic E-state index is 0.369. The van der Waals surface area contributed by atoms with E-state index in [4.69, 9.17) is 23.2 Å². The van der Waals surface area contributed by atoms with Crippen LogP contribution < -0.4 is 10.6 Å². The lowest BCUT2D eigenvalue weighted by atomic mass is 10.2. The molecular formula is C14H15Cl2N5. The minimum atomic E-state index is 0.369. The number of para-hydroxylation sites is 1. The standard InChI is InChI=1S/C14H15Cl2N5/c15-10-6-3-7-11(16)13(10)20-14-19-12(8-17-21-14)18-9-4-1-2-5-9/h3,6-9H,1-2,4-5H2,(H2,18,19,20,21). The van der Waals surface area contributed by atoms with Crippen molar-refractivity contribution in [2.45, 2.75) is 31.7 Å². The molecule has 0 bridgehead atoms. The Kier molecular flexibility index (Phi) is 4.41. The topological polar surface area (TPSA) is 62.7 Å². The summed E-state index contributed by atoms with van der Waals surface area (Å²) in [7, 11) is 0. The highest BCUT2D eigenvalue weighted by atomic mass is 35.5. The summed E-state index contributed by atoms with van der Waals surface area (Å²) in [5, 5.41) is 15.3. The van der Waals surface area contributed by atoms with E-state index in [0.29, 0.717) is 33.5 Å². The predicted octanol–water partition coefficient (Wildman–Crippen LogP) is 4.28. The second-order valence-corrected chi connectivity index (χ2v) is 5.83. The lowest BCUT2D eigenvalue weighted by Gasteiger charge is -2.13. The van der Waals surface area contributed by atoms with Crippen LogP contribution in [0.3, 0.4) is 0 Å². The SMILES string of the molecule is Clc1cccc(Cl)c1Nc1nncc(NC2CCCC2)n1. The van der Waals surface area contributed by atoms with Crippen LogP contribution in [0.15, 0.2) is 24.4 Å². The molecular weight excluding hydrogens is 309 g/mol. The van der Waals surface area contributed by atoms with Gasteiger partial charge in [0.05, 0.1) is 21.9 Å². The molecule has 1 aliphatic rings. The second kappa shape index (κ2) is 6.45. The van der Waals surface area contributed by atoms with E-state index in [1.165, 1.54) is 25.7 Å². The molecule has 7 heteroatoms. The van der Waals surface area contributed by atoms with Gasteiger partial charge >= 0.3 is 0 Å². The highest BCUT2D eigenvalue weighted by molar-refractivity contribution is 6.39. The predicted molar refractivity (Wildman–Crippen MR) is 85.5 cm³/mol. The Bertz CT molecular complexity index is 608. The molecule has 0 spiro atoms. The number of hydrogen-bond acceptors (Lipinski definition) is 5. The Labute approximate surface area is 133 Å². The Morgan fingerprint density at radius 2 is 1.81 bits per heavy atom. The number of halogens is 2. The second-order valence-electron chi connectivity index (χ2n) is 5.01. The molecule has 0 amide bonds. The first-order chi connectivity index (χ1) is 10.2. The molecule has 5 nitrogen and oxygen atoms in total. The highest BCUT2D eigenvalue weighted by Crippen LogP contribution is 2.31. The molecule has 110 valence electrons. The maximum atomic E-state index is 6.12. The van der Waals surface area contributed by atoms with Crippen LogP contribution in [0, 0.1) is 0 Å². The fraction of sp³-hybridized carbons (Fsp3) is 0.357. The van der Waals surface area contributed by atoms with Gasteiger partial charge < -0.3 is 10.6 Å². The van der Waals surface area contributed by atoms with Crippen molar-refractivity contribution in [1.29, 1.82) is 0 Å². The molecule has 1 fully saturated rings. The molecule has 0 aliphatic heterocycles. The van der Waals surface area contributed by atoms with E-state index < -0.39 is 0 Å². The average molecular weight is 324 g/mol. The molecule has 21 heavy (non-hydrogen) atoms. The van der Waals surface area contributed by atoms with Crippen LogP contribution in [-0.4, -0.2) is 21.2 Å². The van der Waals surface area contributed by atoms with Gasteiger partial charge in [-0.25, -0.2) is 0 Å². The number of benzene rings is 1. The van der Waals surface area contributed by atoms with Crippen molar-refractivity contribution in [3.8, 4) is 0 Å². The van der Waals surface area contributed by atoms with Gasteiger partial charge in [-0.1, -0.05) is 42.1 Å². The third kappa shape index (κ3) is 3.54. The molecule has 1 aliphatic carbocycles. The van der Waals surface area contributed by atoms with Gasteiger partial charge in [-0.15, -0.1) is 5.10 Å². The van der Waals surface area contributed by atoms with Crippen molar-refractivity contribution in [1.82, 2.24) is 15.2 Å². The zero-order chi connectivity index (χ0) is 14.7. The lowest BCUT2D eigenvalue weighted by molar-refractivity contribution is 0.747. The van der Waals surface area contributed by atoms with Gasteiger partial charge in [0.1, 0.15) is 0 Å². The molecule has 2 N–H and O–H groups in total. The molecule has 2 aromatic rings. The fourth-order valence-electron chi connectivity index (χ4n) is 2.43. The summed E-state index contributed by atoms with van der Waals surface area (Å²) in [6.45, 7) is 0. The summed E-state index contributed by atoms with van der Waals surface area (Å²) in [6, 6.07) is 5.76. The number of nitrogens with one attached hydrogen (secondary N) is 2. The Balaban J connectivity index is 1.76. The molecule has 0 radical (unpaired) electrons. The quantitative estimate of drug-likeness (QED) is 0.879. The summed E-state index contributed by atoms with van der Waals surface area (Å²) in [5.41, 5.74) is 0.584. The first-order valence-electron chi connectivity index (χ1n) is 6.89. The van der Waals surface area contributed by atoms with Crippen LogP contribution in [0.4, 0.5) is 17.5 Å². The molecule has 3 rings (SSSR count). The van der Waals surface area contributed by atoms with Crippen molar-refractivity contribution in [3.05, 3.63) is 34.4 Å². The molecule has 1 heterocycles. The van der Waals surface area contributed by atoms with Crippen LogP contribution in [0.5, 0.6) is 0 Å². The molecule has 0 saturated heterocycles. The summed E-state index contributed by atoms with van der Waals surface area (Å²) in [4.78, 5) is 4.40. The van der Waals surface area contributed by atoms with E-state index in [0.717, 1.165) is 0 Å². The molecule has 0 atom stereocenters. The summed E-state index contributed by atoms with van der Waals surface area (Å²) in [5.74, 6) is 1.08. The van der Waals surface area contributed by atoms with Gasteiger partial charge in [-0.2, -0.15) is 10.1 Å². The van der Waals surface area contributed by atoms with Gasteiger partial charge in [0.2, 0.25) is 5.95 Å².